The van der Waals surface area contributed by atoms with E-state index in [0.29, 0.717) is 0 Å². The average molecular weight is 213 g/mol. The van der Waals surface area contributed by atoms with Crippen molar-refractivity contribution in [3.8, 4) is 0 Å². The van der Waals surface area contributed by atoms with Gasteiger partial charge in [-0.15, -0.1) is 0 Å². The van der Waals surface area contributed by atoms with Crippen LogP contribution >= 0.6 is 0 Å². The largest absolute Gasteiger partial charge is 0.375 e. The zero-order valence-electron chi connectivity index (χ0n) is 10.2. The van der Waals surface area contributed by atoms with E-state index in [0.717, 1.165) is 6.42 Å². The number of benzene rings is 1. The van der Waals surface area contributed by atoms with Crippen molar-refractivity contribution in [1.82, 2.24) is 4.90 Å². The maximum Gasteiger partial charge on any atom is 0.0184 e. The van der Waals surface area contributed by atoms with E-state index in [1.165, 1.54) is 42.6 Å². The van der Waals surface area contributed by atoms with Crippen LogP contribution in [-0.2, 0) is 6.42 Å². The maximum absolute atomic E-state index is 2.56. The van der Waals surface area contributed by atoms with Crippen molar-refractivity contribution in [2.45, 2.75) is 33.1 Å². The predicted octanol–water partition coefficient (Wildman–Crippen LogP) is 3.30. The Balaban J connectivity index is 1.94. The first-order valence-corrected chi connectivity index (χ1v) is 6.30. The second kappa shape index (κ2) is 3.65. The summed E-state index contributed by atoms with van der Waals surface area (Å²) in [6, 6.07) is 4.63. The van der Waals surface area contributed by atoms with E-state index >= 15 is 0 Å². The van der Waals surface area contributed by atoms with E-state index in [9.17, 15) is 0 Å². The number of allylic oxidation sites excluding steroid dienone is 1. The Hall–Kier alpha value is -1.24. The lowest BCUT2D eigenvalue weighted by molar-refractivity contribution is 0.423. The van der Waals surface area contributed by atoms with Gasteiger partial charge in [-0.1, -0.05) is 17.7 Å². The first kappa shape index (κ1) is 9.95. The SMILES string of the molecule is Cc1cc(C)c2c(c1)C=C(N1CCCC1)C2. The minimum Gasteiger partial charge on any atom is -0.375 e. The molecule has 3 rings (SSSR count). The van der Waals surface area contributed by atoms with Gasteiger partial charge in [-0.05, 0) is 49.5 Å². The third-order valence-electron chi connectivity index (χ3n) is 3.84. The fraction of sp³-hybridized carbons (Fsp3) is 0.467. The van der Waals surface area contributed by atoms with Crippen molar-refractivity contribution in [1.29, 1.82) is 0 Å². The Morgan fingerprint density at radius 2 is 1.81 bits per heavy atom. The standard InChI is InChI=1S/C15H19N/c1-11-7-12(2)15-10-14(9-13(15)8-11)16-5-3-4-6-16/h7-9H,3-6,10H2,1-2H3. The highest BCUT2D eigenvalue weighted by Crippen LogP contribution is 2.32. The van der Waals surface area contributed by atoms with Gasteiger partial charge in [0.2, 0.25) is 0 Å². The summed E-state index contributed by atoms with van der Waals surface area (Å²) in [5.74, 6) is 0. The second-order valence-corrected chi connectivity index (χ2v) is 5.16. The lowest BCUT2D eigenvalue weighted by Gasteiger charge is -2.18. The molecule has 2 aliphatic rings. The highest BCUT2D eigenvalue weighted by atomic mass is 15.1. The quantitative estimate of drug-likeness (QED) is 0.692. The molecule has 0 spiro atoms. The molecule has 0 N–H and O–H groups in total. The Labute approximate surface area is 97.8 Å². The molecule has 1 heterocycles. The number of hydrogen-bond acceptors (Lipinski definition) is 1. The molecular weight excluding hydrogens is 194 g/mol. The molecule has 0 saturated carbocycles. The Bertz CT molecular complexity index is 451. The molecule has 1 aromatic rings. The van der Waals surface area contributed by atoms with Gasteiger partial charge in [-0.3, -0.25) is 0 Å². The van der Waals surface area contributed by atoms with Crippen LogP contribution < -0.4 is 0 Å². The highest BCUT2D eigenvalue weighted by molar-refractivity contribution is 5.66. The van der Waals surface area contributed by atoms with Crippen LogP contribution in [0.25, 0.3) is 6.08 Å². The van der Waals surface area contributed by atoms with Gasteiger partial charge in [0.15, 0.2) is 0 Å². The molecule has 1 fully saturated rings. The fourth-order valence-electron chi connectivity index (χ4n) is 3.02. The van der Waals surface area contributed by atoms with Crippen LogP contribution in [0, 0.1) is 13.8 Å². The zero-order chi connectivity index (χ0) is 11.1. The summed E-state index contributed by atoms with van der Waals surface area (Å²) in [4.78, 5) is 2.56. The van der Waals surface area contributed by atoms with Crippen molar-refractivity contribution >= 4 is 6.08 Å². The van der Waals surface area contributed by atoms with E-state index in [1.807, 2.05) is 0 Å². The normalized spacial score (nSPS) is 18.9. The number of fused-ring (bicyclic) bond motifs is 1. The van der Waals surface area contributed by atoms with Gasteiger partial charge in [-0.25, -0.2) is 0 Å². The molecule has 0 radical (unpaired) electrons. The summed E-state index contributed by atoms with van der Waals surface area (Å²) in [6.07, 6.45) is 6.29. The van der Waals surface area contributed by atoms with E-state index in [4.69, 9.17) is 0 Å². The minimum absolute atomic E-state index is 1.15. The summed E-state index contributed by atoms with van der Waals surface area (Å²) in [5.41, 5.74) is 7.39. The Kier molecular flexibility index (Phi) is 2.27. The molecule has 1 aliphatic heterocycles. The zero-order valence-corrected chi connectivity index (χ0v) is 10.2. The maximum atomic E-state index is 2.56. The molecule has 1 saturated heterocycles. The van der Waals surface area contributed by atoms with Crippen molar-refractivity contribution in [3.05, 3.63) is 40.1 Å². The average Bonchev–Trinajstić information content (AvgIpc) is 2.82. The van der Waals surface area contributed by atoms with Crippen molar-refractivity contribution in [2.75, 3.05) is 13.1 Å². The molecule has 0 aromatic heterocycles. The van der Waals surface area contributed by atoms with E-state index in [-0.39, 0.29) is 0 Å². The lowest BCUT2D eigenvalue weighted by atomic mass is 10.0. The van der Waals surface area contributed by atoms with E-state index < -0.39 is 0 Å². The van der Waals surface area contributed by atoms with Crippen molar-refractivity contribution < 1.29 is 0 Å². The van der Waals surface area contributed by atoms with Crippen molar-refractivity contribution in [3.63, 3.8) is 0 Å². The van der Waals surface area contributed by atoms with E-state index in [1.54, 1.807) is 11.3 Å². The molecule has 0 atom stereocenters. The van der Waals surface area contributed by atoms with Crippen LogP contribution in [0.15, 0.2) is 17.8 Å². The summed E-state index contributed by atoms with van der Waals surface area (Å²) < 4.78 is 0. The van der Waals surface area contributed by atoms with Gasteiger partial charge < -0.3 is 4.90 Å². The van der Waals surface area contributed by atoms with Crippen LogP contribution in [0.1, 0.15) is 35.1 Å². The highest BCUT2D eigenvalue weighted by Gasteiger charge is 2.21. The summed E-state index contributed by atoms with van der Waals surface area (Å²) >= 11 is 0. The number of likely N-dealkylation sites (tertiary alicyclic amines) is 1. The van der Waals surface area contributed by atoms with Crippen LogP contribution in [-0.4, -0.2) is 18.0 Å². The van der Waals surface area contributed by atoms with Crippen LogP contribution in [0.5, 0.6) is 0 Å². The first-order chi connectivity index (χ1) is 7.74. The molecule has 0 unspecified atom stereocenters. The lowest BCUT2D eigenvalue weighted by Crippen LogP contribution is -2.18. The summed E-state index contributed by atoms with van der Waals surface area (Å²) in [7, 11) is 0. The summed E-state index contributed by atoms with van der Waals surface area (Å²) in [6.45, 7) is 6.96. The number of aryl methyl sites for hydroxylation is 2. The molecular formula is C15H19N. The predicted molar refractivity (Wildman–Crippen MR) is 68.4 cm³/mol. The molecule has 1 heteroatoms. The number of rotatable bonds is 1. The van der Waals surface area contributed by atoms with Gasteiger partial charge in [0, 0.05) is 25.2 Å². The van der Waals surface area contributed by atoms with Gasteiger partial charge in [-0.2, -0.15) is 0 Å². The molecule has 1 nitrogen and oxygen atoms in total. The molecule has 0 amide bonds. The van der Waals surface area contributed by atoms with Gasteiger partial charge in [0.05, 0.1) is 0 Å². The van der Waals surface area contributed by atoms with Crippen LogP contribution in [0.4, 0.5) is 0 Å². The Morgan fingerprint density at radius 1 is 1.06 bits per heavy atom. The molecule has 1 aliphatic carbocycles. The Morgan fingerprint density at radius 3 is 2.56 bits per heavy atom. The molecule has 0 bridgehead atoms. The summed E-state index contributed by atoms with van der Waals surface area (Å²) in [5, 5.41) is 0. The van der Waals surface area contributed by atoms with Gasteiger partial charge in [0.25, 0.3) is 0 Å². The molecule has 16 heavy (non-hydrogen) atoms. The smallest absolute Gasteiger partial charge is 0.0184 e. The number of nitrogens with zero attached hydrogens (tertiary/aromatic N) is 1. The third-order valence-corrected chi connectivity index (χ3v) is 3.84. The van der Waals surface area contributed by atoms with Gasteiger partial charge in [0.1, 0.15) is 0 Å². The fourth-order valence-corrected chi connectivity index (χ4v) is 3.02. The van der Waals surface area contributed by atoms with Crippen LogP contribution in [0.2, 0.25) is 0 Å². The monoisotopic (exact) mass is 213 g/mol. The first-order valence-electron chi connectivity index (χ1n) is 6.30. The number of hydrogen-bond donors (Lipinski definition) is 0. The molecule has 1 aromatic carbocycles. The van der Waals surface area contributed by atoms with Gasteiger partial charge >= 0.3 is 0 Å². The topological polar surface area (TPSA) is 3.24 Å². The van der Waals surface area contributed by atoms with E-state index in [2.05, 4.69) is 37.0 Å². The molecule has 84 valence electrons. The third kappa shape index (κ3) is 1.55. The second-order valence-electron chi connectivity index (χ2n) is 5.16. The minimum atomic E-state index is 1.15. The van der Waals surface area contributed by atoms with Crippen LogP contribution in [0.3, 0.4) is 0 Å². The van der Waals surface area contributed by atoms with Crippen molar-refractivity contribution in [2.24, 2.45) is 0 Å².